The number of nitrogens with two attached hydrogens (primary N) is 1. The first-order chi connectivity index (χ1) is 12.2. The standard InChI is InChI=1S/C18H19F3N2O3/c19-18(20,21)26-14-8-4-7-13(9-14)11-23-17(25)16(24)15(22)10-12-5-2-1-3-6-12/h1-9,15-16,24H,10-11,22H2,(H,23,25)/t15?,16-/m0/s1. The molecule has 1 unspecified atom stereocenters. The number of aliphatic hydroxyl groups is 1. The number of ether oxygens (including phenoxy) is 1. The normalized spacial score (nSPS) is 13.7. The van der Waals surface area contributed by atoms with Gasteiger partial charge in [-0.1, -0.05) is 42.5 Å². The summed E-state index contributed by atoms with van der Waals surface area (Å²) in [6.07, 6.45) is -5.92. The highest BCUT2D eigenvalue weighted by Gasteiger charge is 2.31. The molecule has 5 nitrogen and oxygen atoms in total. The third-order valence-electron chi connectivity index (χ3n) is 3.59. The van der Waals surface area contributed by atoms with Gasteiger partial charge >= 0.3 is 6.36 Å². The van der Waals surface area contributed by atoms with Gasteiger partial charge in [-0.3, -0.25) is 4.79 Å². The molecular weight excluding hydrogens is 349 g/mol. The SMILES string of the molecule is NC(Cc1ccccc1)[C@H](O)C(=O)NCc1cccc(OC(F)(F)F)c1. The van der Waals surface area contributed by atoms with Gasteiger partial charge in [-0.15, -0.1) is 13.2 Å². The molecule has 0 heterocycles. The summed E-state index contributed by atoms with van der Waals surface area (Å²) in [5, 5.41) is 12.5. The van der Waals surface area contributed by atoms with Crippen LogP contribution in [0, 0.1) is 0 Å². The first-order valence-corrected chi connectivity index (χ1v) is 7.84. The maximum atomic E-state index is 12.2. The number of carbonyl (C=O) groups excluding carboxylic acids is 1. The number of hydrogen-bond acceptors (Lipinski definition) is 4. The minimum absolute atomic E-state index is 0.0665. The molecule has 0 saturated carbocycles. The van der Waals surface area contributed by atoms with Gasteiger partial charge < -0.3 is 20.9 Å². The van der Waals surface area contributed by atoms with Crippen LogP contribution in [0.3, 0.4) is 0 Å². The van der Waals surface area contributed by atoms with Crippen molar-refractivity contribution in [3.63, 3.8) is 0 Å². The fraction of sp³-hybridized carbons (Fsp3) is 0.278. The molecule has 0 bridgehead atoms. The Kier molecular flexibility index (Phi) is 6.59. The van der Waals surface area contributed by atoms with E-state index in [0.717, 1.165) is 17.7 Å². The molecule has 0 aromatic heterocycles. The second-order valence-corrected chi connectivity index (χ2v) is 5.71. The smallest absolute Gasteiger partial charge is 0.406 e. The van der Waals surface area contributed by atoms with E-state index in [0.29, 0.717) is 12.0 Å². The lowest BCUT2D eigenvalue weighted by Gasteiger charge is -2.18. The van der Waals surface area contributed by atoms with Crippen molar-refractivity contribution in [3.8, 4) is 5.75 Å². The van der Waals surface area contributed by atoms with Crippen LogP contribution < -0.4 is 15.8 Å². The van der Waals surface area contributed by atoms with Crippen molar-refractivity contribution >= 4 is 5.91 Å². The Bertz CT molecular complexity index is 723. The quantitative estimate of drug-likeness (QED) is 0.699. The number of carbonyl (C=O) groups is 1. The van der Waals surface area contributed by atoms with Gasteiger partial charge in [0.25, 0.3) is 5.91 Å². The molecule has 0 aliphatic carbocycles. The third-order valence-corrected chi connectivity index (χ3v) is 3.59. The number of aliphatic hydroxyl groups excluding tert-OH is 1. The number of benzene rings is 2. The fourth-order valence-electron chi connectivity index (χ4n) is 2.34. The van der Waals surface area contributed by atoms with E-state index in [1.165, 1.54) is 12.1 Å². The second-order valence-electron chi connectivity index (χ2n) is 5.71. The number of halogens is 3. The van der Waals surface area contributed by atoms with Gasteiger partial charge in [0, 0.05) is 12.6 Å². The van der Waals surface area contributed by atoms with E-state index >= 15 is 0 Å². The predicted molar refractivity (Wildman–Crippen MR) is 89.1 cm³/mol. The van der Waals surface area contributed by atoms with Crippen LogP contribution in [0.15, 0.2) is 54.6 Å². The molecule has 0 aliphatic heterocycles. The van der Waals surface area contributed by atoms with Gasteiger partial charge in [0.1, 0.15) is 11.9 Å². The van der Waals surface area contributed by atoms with E-state index in [1.807, 2.05) is 30.3 Å². The zero-order chi connectivity index (χ0) is 19.2. The Balaban J connectivity index is 1.88. The molecule has 0 saturated heterocycles. The van der Waals surface area contributed by atoms with Crippen LogP contribution in [0.2, 0.25) is 0 Å². The van der Waals surface area contributed by atoms with Crippen molar-refractivity contribution in [2.45, 2.75) is 31.5 Å². The Morgan fingerprint density at radius 1 is 1.12 bits per heavy atom. The molecule has 1 amide bonds. The summed E-state index contributed by atoms with van der Waals surface area (Å²) in [4.78, 5) is 12.0. The van der Waals surface area contributed by atoms with E-state index in [-0.39, 0.29) is 12.3 Å². The molecular formula is C18H19F3N2O3. The molecule has 8 heteroatoms. The maximum Gasteiger partial charge on any atom is 0.573 e. The van der Waals surface area contributed by atoms with Crippen molar-refractivity contribution in [2.75, 3.05) is 0 Å². The predicted octanol–water partition coefficient (Wildman–Crippen LogP) is 2.13. The van der Waals surface area contributed by atoms with Crippen LogP contribution in [0.25, 0.3) is 0 Å². The van der Waals surface area contributed by atoms with Gasteiger partial charge in [-0.25, -0.2) is 0 Å². The zero-order valence-corrected chi connectivity index (χ0v) is 13.7. The molecule has 0 radical (unpaired) electrons. The van der Waals surface area contributed by atoms with E-state index in [4.69, 9.17) is 5.73 Å². The highest BCUT2D eigenvalue weighted by atomic mass is 19.4. The number of hydrogen-bond donors (Lipinski definition) is 3. The highest BCUT2D eigenvalue weighted by molar-refractivity contribution is 5.81. The van der Waals surface area contributed by atoms with Crippen LogP contribution in [-0.2, 0) is 17.8 Å². The fourth-order valence-corrected chi connectivity index (χ4v) is 2.34. The van der Waals surface area contributed by atoms with Crippen LogP contribution in [0.5, 0.6) is 5.75 Å². The largest absolute Gasteiger partial charge is 0.573 e. The lowest BCUT2D eigenvalue weighted by atomic mass is 10.0. The minimum Gasteiger partial charge on any atom is -0.406 e. The molecule has 2 atom stereocenters. The van der Waals surface area contributed by atoms with Crippen molar-refractivity contribution < 1.29 is 27.8 Å². The van der Waals surface area contributed by atoms with E-state index < -0.39 is 24.4 Å². The highest BCUT2D eigenvalue weighted by Crippen LogP contribution is 2.23. The van der Waals surface area contributed by atoms with Crippen LogP contribution >= 0.6 is 0 Å². The van der Waals surface area contributed by atoms with Crippen molar-refractivity contribution in [1.82, 2.24) is 5.32 Å². The molecule has 26 heavy (non-hydrogen) atoms. The Morgan fingerprint density at radius 2 is 1.77 bits per heavy atom. The number of amides is 1. The van der Waals surface area contributed by atoms with Crippen LogP contribution in [-0.4, -0.2) is 29.5 Å². The summed E-state index contributed by atoms with van der Waals surface area (Å²) >= 11 is 0. The monoisotopic (exact) mass is 368 g/mol. The van der Waals surface area contributed by atoms with Gasteiger partial charge in [0.2, 0.25) is 0 Å². The van der Waals surface area contributed by atoms with Crippen molar-refractivity contribution in [3.05, 3.63) is 65.7 Å². The van der Waals surface area contributed by atoms with E-state index in [1.54, 1.807) is 0 Å². The topological polar surface area (TPSA) is 84.6 Å². The maximum absolute atomic E-state index is 12.2. The molecule has 2 aromatic carbocycles. The van der Waals surface area contributed by atoms with Gasteiger partial charge in [0.15, 0.2) is 0 Å². The van der Waals surface area contributed by atoms with E-state index in [9.17, 15) is 23.1 Å². The number of rotatable bonds is 7. The molecule has 2 rings (SSSR count). The van der Waals surface area contributed by atoms with Gasteiger partial charge in [-0.2, -0.15) is 0 Å². The summed E-state index contributed by atoms with van der Waals surface area (Å²) in [5.74, 6) is -1.08. The molecule has 0 aliphatic rings. The lowest BCUT2D eigenvalue weighted by molar-refractivity contribution is -0.274. The summed E-state index contributed by atoms with van der Waals surface area (Å²) in [5.41, 5.74) is 7.13. The second kappa shape index (κ2) is 8.68. The van der Waals surface area contributed by atoms with Crippen LogP contribution in [0.4, 0.5) is 13.2 Å². The molecule has 0 spiro atoms. The average molecular weight is 368 g/mol. The Labute approximate surface area is 148 Å². The summed E-state index contributed by atoms with van der Waals surface area (Å²) in [6, 6.07) is 13.6. The Hall–Kier alpha value is -2.58. The molecule has 0 fully saturated rings. The first-order valence-electron chi connectivity index (χ1n) is 7.84. The summed E-state index contributed by atoms with van der Waals surface area (Å²) in [7, 11) is 0. The number of nitrogens with one attached hydrogen (secondary N) is 1. The minimum atomic E-state index is -4.79. The number of alkyl halides is 3. The van der Waals surface area contributed by atoms with Gasteiger partial charge in [0.05, 0.1) is 0 Å². The third kappa shape index (κ3) is 6.38. The zero-order valence-electron chi connectivity index (χ0n) is 13.7. The molecule has 4 N–H and O–H groups in total. The van der Waals surface area contributed by atoms with Gasteiger partial charge in [-0.05, 0) is 29.7 Å². The van der Waals surface area contributed by atoms with Crippen LogP contribution in [0.1, 0.15) is 11.1 Å². The van der Waals surface area contributed by atoms with Crippen molar-refractivity contribution in [1.29, 1.82) is 0 Å². The van der Waals surface area contributed by atoms with Crippen molar-refractivity contribution in [2.24, 2.45) is 5.73 Å². The first kappa shape index (κ1) is 19.7. The average Bonchev–Trinajstić information content (AvgIpc) is 2.58. The van der Waals surface area contributed by atoms with E-state index in [2.05, 4.69) is 10.1 Å². The summed E-state index contributed by atoms with van der Waals surface area (Å²) < 4.78 is 40.5. The summed E-state index contributed by atoms with van der Waals surface area (Å²) in [6.45, 7) is -0.0665. The lowest BCUT2D eigenvalue weighted by Crippen LogP contribution is -2.47. The molecule has 2 aromatic rings. The Morgan fingerprint density at radius 3 is 2.42 bits per heavy atom. The molecule has 140 valence electrons.